The lowest BCUT2D eigenvalue weighted by molar-refractivity contribution is 0.549. The van der Waals surface area contributed by atoms with E-state index in [4.69, 9.17) is 0 Å². The van der Waals surface area contributed by atoms with Crippen LogP contribution in [0.4, 0.5) is 0 Å². The zero-order valence-electron chi connectivity index (χ0n) is 12.5. The molecule has 100 valence electrons. The average molecular weight is 252 g/mol. The summed E-state index contributed by atoms with van der Waals surface area (Å²) in [5.74, 6) is 1.22. The maximum atomic E-state index is 2.32. The molecule has 0 aliphatic heterocycles. The quantitative estimate of drug-likeness (QED) is 0.637. The maximum Gasteiger partial charge on any atom is 0.0118 e. The van der Waals surface area contributed by atoms with E-state index in [2.05, 4.69) is 62.4 Å². The second-order valence-electron chi connectivity index (χ2n) is 5.30. The van der Waals surface area contributed by atoms with Crippen molar-refractivity contribution in [3.05, 3.63) is 70.8 Å². The molecule has 0 nitrogen and oxygen atoms in total. The van der Waals surface area contributed by atoms with Gasteiger partial charge in [0.05, 0.1) is 0 Å². The summed E-state index contributed by atoms with van der Waals surface area (Å²) < 4.78 is 0. The highest BCUT2D eigenvalue weighted by molar-refractivity contribution is 5.49. The van der Waals surface area contributed by atoms with Crippen LogP contribution in [0, 0.1) is 5.92 Å². The van der Waals surface area contributed by atoms with Crippen molar-refractivity contribution in [3.8, 4) is 0 Å². The molecule has 0 unspecified atom stereocenters. The molecule has 0 bridgehead atoms. The second-order valence-corrected chi connectivity index (χ2v) is 5.30. The third-order valence-electron chi connectivity index (χ3n) is 3.83. The van der Waals surface area contributed by atoms with Gasteiger partial charge in [0.25, 0.3) is 0 Å². The Morgan fingerprint density at radius 3 is 1.63 bits per heavy atom. The first-order chi connectivity index (χ1) is 9.27. The van der Waals surface area contributed by atoms with E-state index in [1.54, 1.807) is 0 Å². The molecule has 0 heteroatoms. The van der Waals surface area contributed by atoms with Gasteiger partial charge in [0.2, 0.25) is 0 Å². The lowest BCUT2D eigenvalue weighted by Crippen LogP contribution is -2.17. The lowest BCUT2D eigenvalue weighted by Gasteiger charge is -2.31. The van der Waals surface area contributed by atoms with Crippen molar-refractivity contribution in [2.75, 3.05) is 0 Å². The summed E-state index contributed by atoms with van der Waals surface area (Å²) >= 11 is 0. The van der Waals surface area contributed by atoms with E-state index in [1.807, 2.05) is 13.8 Å². The highest BCUT2D eigenvalue weighted by atomic mass is 14.3. The minimum atomic E-state index is 0.566. The highest BCUT2D eigenvalue weighted by Crippen LogP contribution is 2.40. The van der Waals surface area contributed by atoms with Gasteiger partial charge >= 0.3 is 0 Å². The summed E-state index contributed by atoms with van der Waals surface area (Å²) in [4.78, 5) is 0. The Morgan fingerprint density at radius 1 is 0.789 bits per heavy atom. The summed E-state index contributed by atoms with van der Waals surface area (Å²) in [6, 6.07) is 17.8. The number of hydrogen-bond acceptors (Lipinski definition) is 0. The molecule has 2 aromatic rings. The molecule has 1 aliphatic rings. The molecule has 0 amide bonds. The molecule has 0 atom stereocenters. The summed E-state index contributed by atoms with van der Waals surface area (Å²) in [6.07, 6.45) is 1.09. The molecule has 0 radical (unpaired) electrons. The van der Waals surface area contributed by atoms with Crippen molar-refractivity contribution in [1.82, 2.24) is 0 Å². The molecule has 0 aromatic heterocycles. The zero-order chi connectivity index (χ0) is 13.8. The largest absolute Gasteiger partial charge is 0.0683 e. The van der Waals surface area contributed by atoms with Gasteiger partial charge in [-0.15, -0.1) is 0 Å². The Balaban J connectivity index is 0.000000637. The third kappa shape index (κ3) is 2.58. The van der Waals surface area contributed by atoms with Crippen molar-refractivity contribution in [1.29, 1.82) is 0 Å². The van der Waals surface area contributed by atoms with Crippen LogP contribution in [0.2, 0.25) is 0 Å². The van der Waals surface area contributed by atoms with Crippen molar-refractivity contribution >= 4 is 0 Å². The van der Waals surface area contributed by atoms with Gasteiger partial charge in [-0.05, 0) is 34.6 Å². The van der Waals surface area contributed by atoms with E-state index in [0.29, 0.717) is 11.8 Å². The summed E-state index contributed by atoms with van der Waals surface area (Å²) in [5, 5.41) is 0. The van der Waals surface area contributed by atoms with Gasteiger partial charge in [-0.1, -0.05) is 76.2 Å². The van der Waals surface area contributed by atoms with Gasteiger partial charge in [0, 0.05) is 5.92 Å². The van der Waals surface area contributed by atoms with Crippen molar-refractivity contribution in [2.45, 2.75) is 40.0 Å². The first-order valence-corrected chi connectivity index (χ1v) is 7.43. The molecule has 1 aliphatic carbocycles. The number of fused-ring (bicyclic) bond motifs is 2. The standard InChI is InChI=1S/C17H18.C2H6/c1-12(2)17-15-9-5-3-7-13(15)11-14-8-4-6-10-16(14)17;1-2/h3-10,12,17H,11H2,1-2H3;1-2H3. The van der Waals surface area contributed by atoms with Crippen LogP contribution < -0.4 is 0 Å². The van der Waals surface area contributed by atoms with Crippen LogP contribution in [-0.4, -0.2) is 0 Å². The van der Waals surface area contributed by atoms with Crippen LogP contribution in [-0.2, 0) is 6.42 Å². The van der Waals surface area contributed by atoms with E-state index >= 15 is 0 Å². The Bertz CT molecular complexity index is 492. The van der Waals surface area contributed by atoms with Gasteiger partial charge in [-0.3, -0.25) is 0 Å². The minimum absolute atomic E-state index is 0.566. The van der Waals surface area contributed by atoms with Crippen LogP contribution in [0.1, 0.15) is 55.9 Å². The molecule has 0 N–H and O–H groups in total. The Labute approximate surface area is 117 Å². The molecule has 0 saturated heterocycles. The molecular weight excluding hydrogens is 228 g/mol. The first-order valence-electron chi connectivity index (χ1n) is 7.43. The fourth-order valence-corrected chi connectivity index (χ4v) is 3.09. The summed E-state index contributed by atoms with van der Waals surface area (Å²) in [6.45, 7) is 8.65. The maximum absolute atomic E-state index is 2.32. The summed E-state index contributed by atoms with van der Waals surface area (Å²) in [7, 11) is 0. The molecular formula is C19H24. The molecule has 0 saturated carbocycles. The second kappa shape index (κ2) is 6.06. The number of rotatable bonds is 1. The average Bonchev–Trinajstić information content (AvgIpc) is 2.46. The van der Waals surface area contributed by atoms with Gasteiger partial charge < -0.3 is 0 Å². The topological polar surface area (TPSA) is 0 Å². The van der Waals surface area contributed by atoms with Crippen LogP contribution in [0.25, 0.3) is 0 Å². The van der Waals surface area contributed by atoms with Gasteiger partial charge in [0.15, 0.2) is 0 Å². The highest BCUT2D eigenvalue weighted by Gasteiger charge is 2.26. The molecule has 0 spiro atoms. The lowest BCUT2D eigenvalue weighted by atomic mass is 9.73. The van der Waals surface area contributed by atoms with Crippen molar-refractivity contribution in [2.24, 2.45) is 5.92 Å². The monoisotopic (exact) mass is 252 g/mol. The molecule has 3 rings (SSSR count). The van der Waals surface area contributed by atoms with Gasteiger partial charge in [-0.2, -0.15) is 0 Å². The van der Waals surface area contributed by atoms with E-state index in [-0.39, 0.29) is 0 Å². The van der Waals surface area contributed by atoms with E-state index < -0.39 is 0 Å². The fraction of sp³-hybridized carbons (Fsp3) is 0.368. The van der Waals surface area contributed by atoms with Gasteiger partial charge in [0.1, 0.15) is 0 Å². The SMILES string of the molecule is CC.CC(C)C1c2ccccc2Cc2ccccc21. The van der Waals surface area contributed by atoms with E-state index in [1.165, 1.54) is 22.3 Å². The minimum Gasteiger partial charge on any atom is -0.0683 e. The van der Waals surface area contributed by atoms with E-state index in [0.717, 1.165) is 6.42 Å². The predicted octanol–water partition coefficient (Wildman–Crippen LogP) is 5.40. The Kier molecular flexibility index (Phi) is 4.42. The predicted molar refractivity (Wildman–Crippen MR) is 83.7 cm³/mol. The molecule has 0 fully saturated rings. The van der Waals surface area contributed by atoms with E-state index in [9.17, 15) is 0 Å². The number of hydrogen-bond donors (Lipinski definition) is 0. The smallest absolute Gasteiger partial charge is 0.0118 e. The zero-order valence-corrected chi connectivity index (χ0v) is 12.5. The number of benzene rings is 2. The van der Waals surface area contributed by atoms with Crippen LogP contribution in [0.5, 0.6) is 0 Å². The van der Waals surface area contributed by atoms with Crippen LogP contribution in [0.15, 0.2) is 48.5 Å². The molecule has 0 heterocycles. The Morgan fingerprint density at radius 2 is 1.21 bits per heavy atom. The molecule has 2 aromatic carbocycles. The third-order valence-corrected chi connectivity index (χ3v) is 3.83. The summed E-state index contributed by atoms with van der Waals surface area (Å²) in [5.41, 5.74) is 6.07. The van der Waals surface area contributed by atoms with Crippen molar-refractivity contribution in [3.63, 3.8) is 0 Å². The first kappa shape index (κ1) is 13.9. The van der Waals surface area contributed by atoms with Crippen LogP contribution >= 0.6 is 0 Å². The van der Waals surface area contributed by atoms with Gasteiger partial charge in [-0.25, -0.2) is 0 Å². The Hall–Kier alpha value is -1.56. The molecule has 19 heavy (non-hydrogen) atoms. The normalized spacial score (nSPS) is 13.3. The van der Waals surface area contributed by atoms with Crippen LogP contribution in [0.3, 0.4) is 0 Å². The fourth-order valence-electron chi connectivity index (χ4n) is 3.09. The van der Waals surface area contributed by atoms with Crippen molar-refractivity contribution < 1.29 is 0 Å².